The van der Waals surface area contributed by atoms with Gasteiger partial charge in [-0.1, -0.05) is 0 Å². The van der Waals surface area contributed by atoms with Crippen LogP contribution in [0.4, 0.5) is 0 Å². The first-order valence-corrected chi connectivity index (χ1v) is 7.89. The second-order valence-electron chi connectivity index (χ2n) is 4.69. The van der Waals surface area contributed by atoms with Gasteiger partial charge in [0.25, 0.3) is 0 Å². The molecule has 1 atom stereocenters. The van der Waals surface area contributed by atoms with Crippen molar-refractivity contribution in [3.8, 4) is 5.75 Å². The van der Waals surface area contributed by atoms with Crippen LogP contribution in [0.15, 0.2) is 29.2 Å². The van der Waals surface area contributed by atoms with Gasteiger partial charge in [0.15, 0.2) is 6.61 Å². The van der Waals surface area contributed by atoms with Crippen molar-refractivity contribution in [2.75, 3.05) is 26.4 Å². The summed E-state index contributed by atoms with van der Waals surface area (Å²) < 4.78 is 36.6. The third kappa shape index (κ3) is 3.72. The Morgan fingerprint density at radius 3 is 2.67 bits per heavy atom. The molecule has 0 saturated carbocycles. The minimum Gasteiger partial charge on any atom is -0.482 e. The van der Waals surface area contributed by atoms with Crippen LogP contribution in [0.2, 0.25) is 0 Å². The van der Waals surface area contributed by atoms with Gasteiger partial charge in [-0.2, -0.15) is 4.31 Å². The van der Waals surface area contributed by atoms with E-state index in [-0.39, 0.29) is 10.9 Å². The van der Waals surface area contributed by atoms with Crippen molar-refractivity contribution in [3.05, 3.63) is 24.3 Å². The van der Waals surface area contributed by atoms with E-state index in [4.69, 9.17) is 14.6 Å². The van der Waals surface area contributed by atoms with E-state index in [1.165, 1.54) is 28.6 Å². The van der Waals surface area contributed by atoms with Crippen LogP contribution in [0.5, 0.6) is 5.75 Å². The monoisotopic (exact) mass is 315 g/mol. The predicted octanol–water partition coefficient (Wildman–Crippen LogP) is 0.559. The minimum atomic E-state index is -3.58. The lowest BCUT2D eigenvalue weighted by molar-refractivity contribution is -0.139. The fraction of sp³-hybridized carbons (Fsp3) is 0.462. The highest BCUT2D eigenvalue weighted by molar-refractivity contribution is 7.89. The highest BCUT2D eigenvalue weighted by Gasteiger charge is 2.31. The number of benzene rings is 1. The standard InChI is InChI=1S/C13H17NO6S/c1-10-8-19-7-6-14(10)21(17,18)12-4-2-11(3-5-12)20-9-13(15)16/h2-5,10H,6-9H2,1H3,(H,15,16). The number of hydrogen-bond donors (Lipinski definition) is 1. The van der Waals surface area contributed by atoms with E-state index in [9.17, 15) is 13.2 Å². The van der Waals surface area contributed by atoms with E-state index in [0.29, 0.717) is 25.5 Å². The van der Waals surface area contributed by atoms with Crippen LogP contribution in [0, 0.1) is 0 Å². The lowest BCUT2D eigenvalue weighted by Gasteiger charge is -2.32. The third-order valence-corrected chi connectivity index (χ3v) is 5.13. The second kappa shape index (κ2) is 6.42. The summed E-state index contributed by atoms with van der Waals surface area (Å²) in [5, 5.41) is 8.52. The van der Waals surface area contributed by atoms with E-state index < -0.39 is 22.6 Å². The summed E-state index contributed by atoms with van der Waals surface area (Å²) in [6.07, 6.45) is 0. The molecule has 0 spiro atoms. The number of carbonyl (C=O) groups is 1. The maximum absolute atomic E-state index is 12.5. The smallest absolute Gasteiger partial charge is 0.341 e. The van der Waals surface area contributed by atoms with Gasteiger partial charge in [0.1, 0.15) is 5.75 Å². The zero-order valence-electron chi connectivity index (χ0n) is 11.6. The molecule has 0 amide bonds. The highest BCUT2D eigenvalue weighted by atomic mass is 32.2. The third-order valence-electron chi connectivity index (χ3n) is 3.10. The number of sulfonamides is 1. The summed E-state index contributed by atoms with van der Waals surface area (Å²) >= 11 is 0. The molecule has 0 bridgehead atoms. The first-order valence-electron chi connectivity index (χ1n) is 6.45. The van der Waals surface area contributed by atoms with Crippen molar-refractivity contribution in [3.63, 3.8) is 0 Å². The zero-order chi connectivity index (χ0) is 15.5. The first-order chi connectivity index (χ1) is 9.91. The molecule has 21 heavy (non-hydrogen) atoms. The van der Waals surface area contributed by atoms with Gasteiger partial charge in [-0.3, -0.25) is 0 Å². The van der Waals surface area contributed by atoms with Crippen molar-refractivity contribution in [1.82, 2.24) is 4.31 Å². The number of rotatable bonds is 5. The Labute approximate surface area is 123 Å². The average molecular weight is 315 g/mol. The molecular formula is C13H17NO6S. The predicted molar refractivity (Wildman–Crippen MR) is 73.7 cm³/mol. The van der Waals surface area contributed by atoms with E-state index in [0.717, 1.165) is 0 Å². The van der Waals surface area contributed by atoms with Gasteiger partial charge in [0.2, 0.25) is 10.0 Å². The number of hydrogen-bond acceptors (Lipinski definition) is 5. The van der Waals surface area contributed by atoms with Crippen molar-refractivity contribution in [2.24, 2.45) is 0 Å². The van der Waals surface area contributed by atoms with Gasteiger partial charge in [0, 0.05) is 12.6 Å². The lowest BCUT2D eigenvalue weighted by Crippen LogP contribution is -2.46. The minimum absolute atomic E-state index is 0.152. The Hall–Kier alpha value is -1.64. The maximum Gasteiger partial charge on any atom is 0.341 e. The fourth-order valence-electron chi connectivity index (χ4n) is 2.06. The Morgan fingerprint density at radius 1 is 1.43 bits per heavy atom. The van der Waals surface area contributed by atoms with Crippen LogP contribution in [-0.4, -0.2) is 56.2 Å². The molecule has 1 saturated heterocycles. The average Bonchev–Trinajstić information content (AvgIpc) is 2.46. The summed E-state index contributed by atoms with van der Waals surface area (Å²) in [4.78, 5) is 10.6. The number of ether oxygens (including phenoxy) is 2. The quantitative estimate of drug-likeness (QED) is 0.853. The van der Waals surface area contributed by atoms with Crippen LogP contribution in [-0.2, 0) is 19.6 Å². The Morgan fingerprint density at radius 2 is 2.10 bits per heavy atom. The van der Waals surface area contributed by atoms with Crippen molar-refractivity contribution in [2.45, 2.75) is 17.9 Å². The Bertz CT molecular complexity index is 598. The fourth-order valence-corrected chi connectivity index (χ4v) is 3.66. The summed E-state index contributed by atoms with van der Waals surface area (Å²) in [5.74, 6) is -0.778. The van der Waals surface area contributed by atoms with Crippen LogP contribution >= 0.6 is 0 Å². The number of carboxylic acids is 1. The van der Waals surface area contributed by atoms with Crippen LogP contribution in [0.3, 0.4) is 0 Å². The van der Waals surface area contributed by atoms with E-state index >= 15 is 0 Å². The molecule has 1 aliphatic rings. The van der Waals surface area contributed by atoms with Crippen molar-refractivity contribution < 1.29 is 27.8 Å². The maximum atomic E-state index is 12.5. The highest BCUT2D eigenvalue weighted by Crippen LogP contribution is 2.22. The number of morpholine rings is 1. The number of carboxylic acid groups (broad SMARTS) is 1. The molecule has 1 fully saturated rings. The lowest BCUT2D eigenvalue weighted by atomic mass is 10.3. The first kappa shape index (κ1) is 15.7. The van der Waals surface area contributed by atoms with Crippen LogP contribution in [0.1, 0.15) is 6.92 Å². The summed E-state index contributed by atoms with van der Waals surface area (Å²) in [6, 6.07) is 5.50. The molecule has 1 aromatic rings. The summed E-state index contributed by atoms with van der Waals surface area (Å²) in [6.45, 7) is 2.40. The molecule has 0 aromatic heterocycles. The van der Waals surface area contributed by atoms with Crippen molar-refractivity contribution >= 4 is 16.0 Å². The van der Waals surface area contributed by atoms with E-state index in [2.05, 4.69) is 0 Å². The zero-order valence-corrected chi connectivity index (χ0v) is 12.4. The largest absolute Gasteiger partial charge is 0.482 e. The second-order valence-corrected chi connectivity index (χ2v) is 6.58. The summed E-state index contributed by atoms with van der Waals surface area (Å²) in [7, 11) is -3.58. The van der Waals surface area contributed by atoms with E-state index in [1.807, 2.05) is 0 Å². The molecule has 8 heteroatoms. The molecule has 2 rings (SSSR count). The van der Waals surface area contributed by atoms with Crippen LogP contribution in [0.25, 0.3) is 0 Å². The molecule has 1 heterocycles. The summed E-state index contributed by atoms with van der Waals surface area (Å²) in [5.41, 5.74) is 0. The topological polar surface area (TPSA) is 93.1 Å². The van der Waals surface area contributed by atoms with Crippen molar-refractivity contribution in [1.29, 1.82) is 0 Å². The number of nitrogens with zero attached hydrogens (tertiary/aromatic N) is 1. The van der Waals surface area contributed by atoms with Gasteiger partial charge < -0.3 is 14.6 Å². The molecule has 0 aliphatic carbocycles. The molecule has 1 N–H and O–H groups in total. The van der Waals surface area contributed by atoms with Gasteiger partial charge in [0.05, 0.1) is 18.1 Å². The van der Waals surface area contributed by atoms with E-state index in [1.54, 1.807) is 6.92 Å². The Balaban J connectivity index is 2.14. The molecule has 1 unspecified atom stereocenters. The van der Waals surface area contributed by atoms with Gasteiger partial charge >= 0.3 is 5.97 Å². The number of aliphatic carboxylic acids is 1. The Kier molecular flexibility index (Phi) is 4.81. The molecule has 0 radical (unpaired) electrons. The molecule has 116 valence electrons. The molecular weight excluding hydrogens is 298 g/mol. The van der Waals surface area contributed by atoms with Crippen LogP contribution < -0.4 is 4.74 Å². The SMILES string of the molecule is CC1COCCN1S(=O)(=O)c1ccc(OCC(=O)O)cc1. The molecule has 1 aromatic carbocycles. The molecule has 7 nitrogen and oxygen atoms in total. The normalized spacial score (nSPS) is 20.1. The van der Waals surface area contributed by atoms with Gasteiger partial charge in [-0.15, -0.1) is 0 Å². The molecule has 1 aliphatic heterocycles. The van der Waals surface area contributed by atoms with Gasteiger partial charge in [-0.05, 0) is 31.2 Å². The van der Waals surface area contributed by atoms with Gasteiger partial charge in [-0.25, -0.2) is 13.2 Å².